The fourth-order valence-electron chi connectivity index (χ4n) is 2.99. The first-order chi connectivity index (χ1) is 10.7. The lowest BCUT2D eigenvalue weighted by atomic mass is 9.98. The van der Waals surface area contributed by atoms with Gasteiger partial charge in [-0.15, -0.1) is 0 Å². The van der Waals surface area contributed by atoms with E-state index in [-0.39, 0.29) is 5.91 Å². The monoisotopic (exact) mass is 293 g/mol. The molecule has 2 aromatic carbocycles. The van der Waals surface area contributed by atoms with Crippen LogP contribution in [0.1, 0.15) is 25.3 Å². The topological polar surface area (TPSA) is 20.3 Å². The Morgan fingerprint density at radius 2 is 1.55 bits per heavy atom. The first-order valence-electron chi connectivity index (χ1n) is 8.14. The average molecular weight is 293 g/mol. The van der Waals surface area contributed by atoms with Crippen molar-refractivity contribution in [2.24, 2.45) is 5.92 Å². The second kappa shape index (κ2) is 6.78. The predicted molar refractivity (Wildman–Crippen MR) is 90.6 cm³/mol. The third-order valence-corrected chi connectivity index (χ3v) is 4.55. The minimum atomic E-state index is 0.263. The Bertz CT molecular complexity index is 610. The van der Waals surface area contributed by atoms with Crippen LogP contribution < -0.4 is 0 Å². The summed E-state index contributed by atoms with van der Waals surface area (Å²) in [7, 11) is 0. The molecule has 0 N–H and O–H groups in total. The molecule has 0 atom stereocenters. The van der Waals surface area contributed by atoms with Crippen molar-refractivity contribution in [1.29, 1.82) is 0 Å². The van der Waals surface area contributed by atoms with Crippen molar-refractivity contribution in [2.75, 3.05) is 13.1 Å². The minimum Gasteiger partial charge on any atom is -0.342 e. The Hall–Kier alpha value is -2.09. The van der Waals surface area contributed by atoms with Gasteiger partial charge in [0.2, 0.25) is 5.91 Å². The molecule has 1 aliphatic heterocycles. The highest BCUT2D eigenvalue weighted by Gasteiger charge is 2.20. The van der Waals surface area contributed by atoms with E-state index in [9.17, 15) is 4.79 Å². The SMILES string of the molecule is CC1CCN(C(=O)Cc2ccc(-c3ccccc3)cc2)CC1. The molecule has 0 radical (unpaired) electrons. The van der Waals surface area contributed by atoms with Gasteiger partial charge < -0.3 is 4.90 Å². The Morgan fingerprint density at radius 3 is 2.18 bits per heavy atom. The van der Waals surface area contributed by atoms with E-state index in [0.717, 1.165) is 37.4 Å². The Kier molecular flexibility index (Phi) is 4.57. The predicted octanol–water partition coefficient (Wildman–Crippen LogP) is 4.15. The molecule has 114 valence electrons. The standard InChI is InChI=1S/C20H23NO/c1-16-11-13-21(14-12-16)20(22)15-17-7-9-19(10-8-17)18-5-3-2-4-6-18/h2-10,16H,11-15H2,1H3. The number of benzene rings is 2. The summed E-state index contributed by atoms with van der Waals surface area (Å²) in [5, 5.41) is 0. The van der Waals surface area contributed by atoms with Crippen LogP contribution in [-0.4, -0.2) is 23.9 Å². The van der Waals surface area contributed by atoms with Gasteiger partial charge in [0.1, 0.15) is 0 Å². The second-order valence-corrected chi connectivity index (χ2v) is 6.30. The summed E-state index contributed by atoms with van der Waals surface area (Å²) in [6.45, 7) is 4.11. The van der Waals surface area contributed by atoms with Crippen LogP contribution >= 0.6 is 0 Å². The number of carbonyl (C=O) groups excluding carboxylic acids is 1. The van der Waals surface area contributed by atoms with Crippen molar-refractivity contribution in [3.63, 3.8) is 0 Å². The molecular weight excluding hydrogens is 270 g/mol. The first kappa shape index (κ1) is 14.8. The zero-order valence-corrected chi connectivity index (χ0v) is 13.2. The van der Waals surface area contributed by atoms with E-state index < -0.39 is 0 Å². The van der Waals surface area contributed by atoms with Gasteiger partial charge in [-0.3, -0.25) is 4.79 Å². The summed E-state index contributed by atoms with van der Waals surface area (Å²) >= 11 is 0. The van der Waals surface area contributed by atoms with Crippen molar-refractivity contribution >= 4 is 5.91 Å². The van der Waals surface area contributed by atoms with Crippen molar-refractivity contribution < 1.29 is 4.79 Å². The van der Waals surface area contributed by atoms with Crippen molar-refractivity contribution in [3.8, 4) is 11.1 Å². The number of carbonyl (C=O) groups is 1. The lowest BCUT2D eigenvalue weighted by Gasteiger charge is -2.30. The zero-order chi connectivity index (χ0) is 15.4. The maximum Gasteiger partial charge on any atom is 0.226 e. The summed E-state index contributed by atoms with van der Waals surface area (Å²) in [4.78, 5) is 14.4. The van der Waals surface area contributed by atoms with Gasteiger partial charge in [-0.25, -0.2) is 0 Å². The highest BCUT2D eigenvalue weighted by atomic mass is 16.2. The summed E-state index contributed by atoms with van der Waals surface area (Å²) < 4.78 is 0. The van der Waals surface area contributed by atoms with E-state index in [4.69, 9.17) is 0 Å². The molecule has 3 rings (SSSR count). The van der Waals surface area contributed by atoms with E-state index in [1.165, 1.54) is 11.1 Å². The molecule has 2 heteroatoms. The fourth-order valence-corrected chi connectivity index (χ4v) is 2.99. The molecule has 1 aliphatic rings. The molecule has 0 unspecified atom stereocenters. The molecule has 0 aliphatic carbocycles. The van der Waals surface area contributed by atoms with Gasteiger partial charge in [0.25, 0.3) is 0 Å². The Labute approximate surface area is 132 Å². The molecule has 2 aromatic rings. The van der Waals surface area contributed by atoms with Crippen LogP contribution in [0.3, 0.4) is 0 Å². The van der Waals surface area contributed by atoms with Gasteiger partial charge in [-0.05, 0) is 35.4 Å². The lowest BCUT2D eigenvalue weighted by Crippen LogP contribution is -2.38. The maximum absolute atomic E-state index is 12.4. The quantitative estimate of drug-likeness (QED) is 0.832. The number of hydrogen-bond donors (Lipinski definition) is 0. The van der Waals surface area contributed by atoms with E-state index in [2.05, 4.69) is 43.3 Å². The summed E-state index contributed by atoms with van der Waals surface area (Å²) in [5.41, 5.74) is 3.51. The maximum atomic E-state index is 12.4. The molecule has 2 nitrogen and oxygen atoms in total. The fraction of sp³-hybridized carbons (Fsp3) is 0.350. The normalized spacial score (nSPS) is 15.8. The molecule has 0 bridgehead atoms. The van der Waals surface area contributed by atoms with Gasteiger partial charge in [0.05, 0.1) is 6.42 Å². The number of amides is 1. The van der Waals surface area contributed by atoms with Crippen molar-refractivity contribution in [3.05, 3.63) is 60.2 Å². The molecular formula is C20H23NO. The minimum absolute atomic E-state index is 0.263. The van der Waals surface area contributed by atoms with E-state index in [1.807, 2.05) is 23.1 Å². The van der Waals surface area contributed by atoms with Crippen LogP contribution in [0.2, 0.25) is 0 Å². The van der Waals surface area contributed by atoms with Crippen LogP contribution in [0.5, 0.6) is 0 Å². The molecule has 1 heterocycles. The van der Waals surface area contributed by atoms with E-state index >= 15 is 0 Å². The summed E-state index contributed by atoms with van der Waals surface area (Å²) in [5.74, 6) is 1.02. The number of nitrogens with zero attached hydrogens (tertiary/aromatic N) is 1. The number of likely N-dealkylation sites (tertiary alicyclic amines) is 1. The van der Waals surface area contributed by atoms with Gasteiger partial charge in [-0.1, -0.05) is 61.5 Å². The molecule has 0 saturated carbocycles. The van der Waals surface area contributed by atoms with Crippen molar-refractivity contribution in [1.82, 2.24) is 4.90 Å². The largest absolute Gasteiger partial charge is 0.342 e. The van der Waals surface area contributed by atoms with Crippen LogP contribution in [0.15, 0.2) is 54.6 Å². The van der Waals surface area contributed by atoms with Crippen LogP contribution in [0, 0.1) is 5.92 Å². The molecule has 1 amide bonds. The van der Waals surface area contributed by atoms with Gasteiger partial charge in [0.15, 0.2) is 0 Å². The number of piperidine rings is 1. The molecule has 0 spiro atoms. The third kappa shape index (κ3) is 3.56. The van der Waals surface area contributed by atoms with Gasteiger partial charge in [0, 0.05) is 13.1 Å². The highest BCUT2D eigenvalue weighted by molar-refractivity contribution is 5.79. The van der Waals surface area contributed by atoms with Gasteiger partial charge >= 0.3 is 0 Å². The zero-order valence-electron chi connectivity index (χ0n) is 13.2. The van der Waals surface area contributed by atoms with Crippen LogP contribution in [0.4, 0.5) is 0 Å². The smallest absolute Gasteiger partial charge is 0.226 e. The van der Waals surface area contributed by atoms with Crippen LogP contribution in [-0.2, 0) is 11.2 Å². The van der Waals surface area contributed by atoms with E-state index in [0.29, 0.717) is 6.42 Å². The Balaban J connectivity index is 1.62. The molecule has 1 fully saturated rings. The first-order valence-corrected chi connectivity index (χ1v) is 8.14. The second-order valence-electron chi connectivity index (χ2n) is 6.30. The molecule has 0 aromatic heterocycles. The molecule has 22 heavy (non-hydrogen) atoms. The average Bonchev–Trinajstić information content (AvgIpc) is 2.57. The van der Waals surface area contributed by atoms with Gasteiger partial charge in [-0.2, -0.15) is 0 Å². The Morgan fingerprint density at radius 1 is 0.955 bits per heavy atom. The summed E-state index contributed by atoms with van der Waals surface area (Å²) in [6.07, 6.45) is 2.79. The molecule has 1 saturated heterocycles. The summed E-state index contributed by atoms with van der Waals surface area (Å²) in [6, 6.07) is 18.7. The highest BCUT2D eigenvalue weighted by Crippen LogP contribution is 2.20. The number of hydrogen-bond acceptors (Lipinski definition) is 1. The third-order valence-electron chi connectivity index (χ3n) is 4.55. The number of rotatable bonds is 3. The van der Waals surface area contributed by atoms with Crippen molar-refractivity contribution in [2.45, 2.75) is 26.2 Å². The van der Waals surface area contributed by atoms with E-state index in [1.54, 1.807) is 0 Å². The lowest BCUT2D eigenvalue weighted by molar-refractivity contribution is -0.131. The van der Waals surface area contributed by atoms with Crippen LogP contribution in [0.25, 0.3) is 11.1 Å².